The summed E-state index contributed by atoms with van der Waals surface area (Å²) in [5.41, 5.74) is 0.175. The average Bonchev–Trinajstić information content (AvgIpc) is 0.716. The van der Waals surface area contributed by atoms with Crippen LogP contribution in [0.4, 0.5) is 0 Å². The SMILES string of the molecule is COc1cccc2c1C(=O)c1c(O)c3c(c(O)c1C2=O)C[C@@](O)(C(=O)CO)C[C@@H]3O[C@H]1CC(N)C(O)[C@H](C)O1.COc1cccc2c1C(=O)c1c(O)c3c(c(O)c1C2=O)C[C@]1(O)C[C@@H]3O[C@H]2CC([C@H](O)[C@H](C)O2)N2CCOCC2OCC1=O.Cc1ccc(S(=O)(=O)OCCOCC=O)cc1. The summed E-state index contributed by atoms with van der Waals surface area (Å²) < 4.78 is 79.0. The monoisotopic (exact) mass is 1410 g/mol. The quantitative estimate of drug-likeness (QED) is 0.0340. The molecule has 31 heteroatoms. The van der Waals surface area contributed by atoms with Crippen LogP contribution in [0.1, 0.15) is 143 Å². The fourth-order valence-corrected chi connectivity index (χ4v) is 15.0. The molecular formula is C69H76N2O28S. The Labute approximate surface area is 571 Å². The number of nitrogens with two attached hydrogens (primary N) is 1. The van der Waals surface area contributed by atoms with Crippen molar-refractivity contribution in [3.8, 4) is 34.5 Å². The van der Waals surface area contributed by atoms with Gasteiger partial charge in [0, 0.05) is 90.5 Å². The molecule has 0 radical (unpaired) electrons. The minimum Gasteiger partial charge on any atom is -0.507 e. The summed E-state index contributed by atoms with van der Waals surface area (Å²) in [4.78, 5) is 92.8. The van der Waals surface area contributed by atoms with Crippen LogP contribution in [0, 0.1) is 6.92 Å². The molecule has 0 amide bonds. The Morgan fingerprint density at radius 2 is 1.30 bits per heavy atom. The van der Waals surface area contributed by atoms with Crippen molar-refractivity contribution in [1.82, 2.24) is 4.90 Å². The van der Waals surface area contributed by atoms with Crippen molar-refractivity contribution in [3.05, 3.63) is 133 Å². The number of ketones is 6. The second kappa shape index (κ2) is 29.1. The first-order valence-corrected chi connectivity index (χ1v) is 33.5. The molecule has 13 rings (SSSR count). The van der Waals surface area contributed by atoms with Gasteiger partial charge in [0.2, 0.25) is 11.6 Å². The van der Waals surface area contributed by atoms with E-state index in [-0.39, 0.29) is 107 Å². The number of Topliss-reactive ketones (excluding diaryl/α,β-unsaturated/α-hetero) is 2. The zero-order chi connectivity index (χ0) is 72.2. The third kappa shape index (κ3) is 13.5. The number of phenols is 4. The van der Waals surface area contributed by atoms with E-state index in [2.05, 4.69) is 0 Å². The smallest absolute Gasteiger partial charge is 0.297 e. The zero-order valence-corrected chi connectivity index (χ0v) is 55.6. The number of aldehydes is 1. The van der Waals surface area contributed by atoms with E-state index in [0.29, 0.717) is 19.4 Å². The van der Waals surface area contributed by atoms with E-state index in [9.17, 15) is 87.9 Å². The van der Waals surface area contributed by atoms with Crippen molar-refractivity contribution in [3.63, 3.8) is 0 Å². The van der Waals surface area contributed by atoms with Crippen LogP contribution in [-0.2, 0) is 74.7 Å². The van der Waals surface area contributed by atoms with Gasteiger partial charge in [-0.25, -0.2) is 0 Å². The van der Waals surface area contributed by atoms with Crippen molar-refractivity contribution >= 4 is 51.1 Å². The van der Waals surface area contributed by atoms with Gasteiger partial charge in [-0.2, -0.15) is 8.42 Å². The number of fused-ring (bicyclic) bond motifs is 13. The average molecular weight is 1410 g/mol. The molecular weight excluding hydrogens is 1340 g/mol. The van der Waals surface area contributed by atoms with Gasteiger partial charge < -0.3 is 99.1 Å². The standard InChI is InChI=1S/C31H33NO12.C27H29NO11.C11H14O5S/c1-13-26(34)16-8-21(43-13)44-18-10-31(39,19(33)11-42-20-12-41-7-6-32(16)20)9-15-23(18)30(38)25-24(28(15)36)27(35)14-4-3-5-17(40-2)22(14)29(25)37;1-10-22(31)13(28)6-17(38-10)39-15-8-27(36,16(30)9-29)7-12-19(15)26(35)21-20(24(12)33)23(32)11-4-3-5-14(37-2)18(11)25(21)34;1-10-2-4-11(5-3-10)17(13,14)16-9-8-15-7-6-12/h3-5,13,16,18,20-21,26,34,36,38-39H,6-12H2,1-2H3;3-5,10,13,15,17,22,29,31,33,35-36H,6-9,28H2,1-2H3;2-6H,7-9H2,1H3/t13-,16?,18-,20?,21-,26+,31-;10-,13?,15-,17-,22?,27-;/m00./s1. The lowest BCUT2D eigenvalue weighted by Gasteiger charge is -2.49. The fraction of sp³-hybridized carbons (Fsp3) is 0.464. The van der Waals surface area contributed by atoms with E-state index in [0.717, 1.165) is 5.56 Å². The maximum atomic E-state index is 13.8. The van der Waals surface area contributed by atoms with Crippen molar-refractivity contribution < 1.29 is 135 Å². The second-order valence-electron chi connectivity index (χ2n) is 25.5. The number of rotatable bonds is 13. The molecule has 4 bridgehead atoms. The van der Waals surface area contributed by atoms with Crippen LogP contribution in [0.15, 0.2) is 65.6 Å². The fourth-order valence-electron chi connectivity index (χ4n) is 14.2. The first-order valence-electron chi connectivity index (χ1n) is 32.1. The molecule has 0 spiro atoms. The van der Waals surface area contributed by atoms with Crippen LogP contribution in [0.3, 0.4) is 0 Å². The third-order valence-electron chi connectivity index (χ3n) is 19.3. The number of nitrogens with zero attached hydrogens (tertiary/aromatic N) is 1. The van der Waals surface area contributed by atoms with Gasteiger partial charge in [-0.1, -0.05) is 42.0 Å². The molecule has 4 heterocycles. The van der Waals surface area contributed by atoms with Gasteiger partial charge in [0.25, 0.3) is 10.1 Å². The van der Waals surface area contributed by atoms with Gasteiger partial charge >= 0.3 is 0 Å². The highest BCUT2D eigenvalue weighted by atomic mass is 32.2. The largest absolute Gasteiger partial charge is 0.507 e. The summed E-state index contributed by atoms with van der Waals surface area (Å²) in [5, 5.41) is 99.8. The van der Waals surface area contributed by atoms with E-state index in [1.54, 1.807) is 26.0 Å². The van der Waals surface area contributed by atoms with Crippen LogP contribution in [0.5, 0.6) is 34.5 Å². The number of carbonyl (C=O) groups excluding carboxylic acids is 7. The lowest BCUT2D eigenvalue weighted by Crippen LogP contribution is -2.62. The van der Waals surface area contributed by atoms with E-state index in [1.807, 2.05) is 11.8 Å². The molecule has 11 N–H and O–H groups in total. The molecule has 0 saturated carbocycles. The Bertz CT molecular complexity index is 4190. The van der Waals surface area contributed by atoms with E-state index < -0.39 is 201 Å². The molecule has 536 valence electrons. The first kappa shape index (κ1) is 73.2. The van der Waals surface area contributed by atoms with Gasteiger partial charge in [-0.3, -0.25) is 37.9 Å². The van der Waals surface area contributed by atoms with Gasteiger partial charge in [0.05, 0.1) is 116 Å². The lowest BCUT2D eigenvalue weighted by molar-refractivity contribution is -0.275. The molecule has 5 aromatic rings. The number of hydrogen-bond acceptors (Lipinski definition) is 30. The minimum absolute atomic E-state index is 0.0173. The van der Waals surface area contributed by atoms with E-state index >= 15 is 0 Å². The van der Waals surface area contributed by atoms with Crippen molar-refractivity contribution in [2.24, 2.45) is 5.73 Å². The number of aliphatic hydroxyl groups is 5. The highest BCUT2D eigenvalue weighted by Gasteiger charge is 2.54. The Kier molecular flexibility index (Phi) is 21.3. The minimum atomic E-state index is -3.73. The maximum Gasteiger partial charge on any atom is 0.297 e. The van der Waals surface area contributed by atoms with Crippen LogP contribution < -0.4 is 15.2 Å². The molecule has 4 fully saturated rings. The molecule has 13 atom stereocenters. The van der Waals surface area contributed by atoms with Crippen LogP contribution >= 0.6 is 0 Å². The molecule has 0 aromatic heterocycles. The molecule has 8 aliphatic rings. The molecule has 100 heavy (non-hydrogen) atoms. The number of phenolic OH excluding ortho intramolecular Hbond substituents is 4. The van der Waals surface area contributed by atoms with Crippen molar-refractivity contribution in [2.45, 2.75) is 143 Å². The summed E-state index contributed by atoms with van der Waals surface area (Å²) in [6.07, 6.45) is -9.71. The van der Waals surface area contributed by atoms with Crippen molar-refractivity contribution in [1.29, 1.82) is 0 Å². The molecule has 5 aromatic carbocycles. The van der Waals surface area contributed by atoms with Crippen LogP contribution in [0.25, 0.3) is 0 Å². The topological polar surface area (TPSA) is 457 Å². The van der Waals surface area contributed by atoms with Gasteiger partial charge in [0.15, 0.2) is 35.7 Å². The van der Waals surface area contributed by atoms with E-state index in [4.69, 9.17) is 52.5 Å². The molecule has 4 aliphatic heterocycles. The Morgan fingerprint density at radius 1 is 0.720 bits per heavy atom. The number of morpholine rings is 1. The van der Waals surface area contributed by atoms with Crippen molar-refractivity contribution in [2.75, 3.05) is 67.0 Å². The Morgan fingerprint density at radius 3 is 1.88 bits per heavy atom. The van der Waals surface area contributed by atoms with Gasteiger partial charge in [-0.05, 0) is 45.0 Å². The normalized spacial score (nSPS) is 28.4. The number of aryl methyl sites for hydroxylation is 1. The second-order valence-corrected chi connectivity index (χ2v) is 27.1. The Hall–Kier alpha value is -8.06. The molecule has 4 unspecified atom stereocenters. The number of benzene rings is 5. The molecule has 4 saturated heterocycles. The van der Waals surface area contributed by atoms with E-state index in [1.165, 1.54) is 62.8 Å². The summed E-state index contributed by atoms with van der Waals surface area (Å²) in [6.45, 7) is 4.44. The highest BCUT2D eigenvalue weighted by Crippen LogP contribution is 2.55. The first-order chi connectivity index (χ1) is 47.5. The zero-order valence-electron chi connectivity index (χ0n) is 54.8. The summed E-state index contributed by atoms with van der Waals surface area (Å²) in [6, 6.07) is 14.0. The number of aliphatic hydroxyl groups excluding tert-OH is 3. The number of carbonyl (C=O) groups is 7. The number of ether oxygens (including phenoxy) is 9. The summed E-state index contributed by atoms with van der Waals surface area (Å²) >= 11 is 0. The number of aromatic hydroxyl groups is 4. The highest BCUT2D eigenvalue weighted by molar-refractivity contribution is 7.86. The lowest BCUT2D eigenvalue weighted by atomic mass is 9.72. The van der Waals surface area contributed by atoms with Gasteiger partial charge in [-0.15, -0.1) is 0 Å². The maximum absolute atomic E-state index is 13.8. The Balaban J connectivity index is 0.000000165. The predicted molar refractivity (Wildman–Crippen MR) is 341 cm³/mol. The van der Waals surface area contributed by atoms with Gasteiger partial charge in [0.1, 0.15) is 78.0 Å². The van der Waals surface area contributed by atoms with Crippen LogP contribution in [0.2, 0.25) is 0 Å². The number of methoxy groups -OCH3 is 2. The number of hydrogen-bond donors (Lipinski definition) is 10. The third-order valence-corrected chi connectivity index (χ3v) is 20.6. The molecule has 30 nitrogen and oxygen atoms in total. The summed E-state index contributed by atoms with van der Waals surface area (Å²) in [7, 11) is -1.06. The predicted octanol–water partition coefficient (Wildman–Crippen LogP) is 1.66. The summed E-state index contributed by atoms with van der Waals surface area (Å²) in [5.74, 6) is -7.05. The van der Waals surface area contributed by atoms with Crippen LogP contribution in [-0.4, -0.2) is 234 Å². The molecule has 4 aliphatic carbocycles.